The van der Waals surface area contributed by atoms with Gasteiger partial charge in [0.15, 0.2) is 0 Å². The summed E-state index contributed by atoms with van der Waals surface area (Å²) >= 11 is 0. The molecule has 0 unspecified atom stereocenters. The molecule has 1 N–H and O–H groups in total. The zero-order chi connectivity index (χ0) is 14.4. The van der Waals surface area contributed by atoms with E-state index in [2.05, 4.69) is 17.1 Å². The molecule has 1 heterocycles. The van der Waals surface area contributed by atoms with E-state index in [4.69, 9.17) is 5.26 Å². The lowest BCUT2D eigenvalue weighted by Gasteiger charge is -2.33. The number of nitrogens with zero attached hydrogens (tertiary/aromatic N) is 2. The number of likely N-dealkylation sites (tertiary alicyclic amines) is 1. The summed E-state index contributed by atoms with van der Waals surface area (Å²) < 4.78 is 0. The topological polar surface area (TPSA) is 56.1 Å². The molecule has 1 aromatic carbocycles. The van der Waals surface area contributed by atoms with Crippen LogP contribution < -0.4 is 5.32 Å². The van der Waals surface area contributed by atoms with Gasteiger partial charge in [-0.25, -0.2) is 0 Å². The molecule has 1 aromatic rings. The number of nitrogens with one attached hydrogen (secondary N) is 1. The van der Waals surface area contributed by atoms with E-state index in [1.54, 1.807) is 24.3 Å². The van der Waals surface area contributed by atoms with E-state index in [0.29, 0.717) is 23.7 Å². The van der Waals surface area contributed by atoms with E-state index in [1.165, 1.54) is 19.3 Å². The van der Waals surface area contributed by atoms with Crippen LogP contribution in [0, 0.1) is 11.3 Å². The highest BCUT2D eigenvalue weighted by atomic mass is 16.1. The summed E-state index contributed by atoms with van der Waals surface area (Å²) in [5, 5.41) is 11.8. The van der Waals surface area contributed by atoms with Crippen molar-refractivity contribution in [2.75, 3.05) is 19.6 Å². The minimum atomic E-state index is -0.105. The van der Waals surface area contributed by atoms with Crippen molar-refractivity contribution in [1.82, 2.24) is 10.2 Å². The fourth-order valence-electron chi connectivity index (χ4n) is 2.63. The van der Waals surface area contributed by atoms with Crippen LogP contribution in [0.25, 0.3) is 0 Å². The van der Waals surface area contributed by atoms with Gasteiger partial charge in [-0.1, -0.05) is 12.5 Å². The standard InChI is InChI=1S/C16H21N3O/c1-13-5-2-3-9-19(13)10-8-18-16(20)15-7-4-6-14(11-15)12-17/h4,6-7,11,13H,2-3,5,8-10H2,1H3,(H,18,20)/t13-/m1/s1. The van der Waals surface area contributed by atoms with Crippen LogP contribution in [0.3, 0.4) is 0 Å². The molecule has 106 valence electrons. The lowest BCUT2D eigenvalue weighted by Crippen LogP contribution is -2.42. The summed E-state index contributed by atoms with van der Waals surface area (Å²) in [6, 6.07) is 9.46. The van der Waals surface area contributed by atoms with E-state index in [0.717, 1.165) is 13.1 Å². The van der Waals surface area contributed by atoms with Gasteiger partial charge in [-0.3, -0.25) is 9.69 Å². The summed E-state index contributed by atoms with van der Waals surface area (Å²) in [7, 11) is 0. The molecule has 1 aliphatic rings. The molecule has 2 rings (SSSR count). The van der Waals surface area contributed by atoms with Crippen molar-refractivity contribution < 1.29 is 4.79 Å². The smallest absolute Gasteiger partial charge is 0.251 e. The highest BCUT2D eigenvalue weighted by Gasteiger charge is 2.17. The van der Waals surface area contributed by atoms with Crippen LogP contribution >= 0.6 is 0 Å². The Kier molecular flexibility index (Phi) is 5.14. The fraction of sp³-hybridized carbons (Fsp3) is 0.500. The van der Waals surface area contributed by atoms with Gasteiger partial charge < -0.3 is 5.32 Å². The quantitative estimate of drug-likeness (QED) is 0.913. The summed E-state index contributed by atoms with van der Waals surface area (Å²) in [6.45, 7) is 4.92. The molecule has 20 heavy (non-hydrogen) atoms. The first-order chi connectivity index (χ1) is 9.70. The Morgan fingerprint density at radius 2 is 2.35 bits per heavy atom. The van der Waals surface area contributed by atoms with Gasteiger partial charge in [-0.15, -0.1) is 0 Å². The molecule has 4 heteroatoms. The van der Waals surface area contributed by atoms with Gasteiger partial charge in [-0.2, -0.15) is 5.26 Å². The number of hydrogen-bond acceptors (Lipinski definition) is 3. The van der Waals surface area contributed by atoms with Gasteiger partial charge in [0.05, 0.1) is 11.6 Å². The van der Waals surface area contributed by atoms with Gasteiger partial charge in [0.25, 0.3) is 5.91 Å². The third-order valence-electron chi connectivity index (χ3n) is 3.88. The molecule has 0 aliphatic carbocycles. The summed E-state index contributed by atoms with van der Waals surface area (Å²) in [6.07, 6.45) is 3.81. The van der Waals surface area contributed by atoms with Gasteiger partial charge >= 0.3 is 0 Å². The third-order valence-corrected chi connectivity index (χ3v) is 3.88. The van der Waals surface area contributed by atoms with Crippen LogP contribution in [0.1, 0.15) is 42.1 Å². The predicted molar refractivity (Wildman–Crippen MR) is 78.4 cm³/mol. The van der Waals surface area contributed by atoms with Crippen molar-refractivity contribution in [2.24, 2.45) is 0 Å². The van der Waals surface area contributed by atoms with Crippen molar-refractivity contribution in [3.05, 3.63) is 35.4 Å². The Balaban J connectivity index is 1.81. The Morgan fingerprint density at radius 1 is 1.50 bits per heavy atom. The van der Waals surface area contributed by atoms with Crippen LogP contribution in [0.4, 0.5) is 0 Å². The fourth-order valence-corrected chi connectivity index (χ4v) is 2.63. The molecule has 1 fully saturated rings. The summed E-state index contributed by atoms with van der Waals surface area (Å²) in [5.74, 6) is -0.105. The number of carbonyl (C=O) groups is 1. The normalized spacial score (nSPS) is 19.3. The molecule has 1 aliphatic heterocycles. The maximum Gasteiger partial charge on any atom is 0.251 e. The Labute approximate surface area is 120 Å². The number of nitriles is 1. The van der Waals surface area contributed by atoms with Gasteiger partial charge in [-0.05, 0) is 44.5 Å². The zero-order valence-electron chi connectivity index (χ0n) is 11.9. The van der Waals surface area contributed by atoms with Crippen LogP contribution in [0.2, 0.25) is 0 Å². The van der Waals surface area contributed by atoms with Crippen molar-refractivity contribution in [1.29, 1.82) is 5.26 Å². The van der Waals surface area contributed by atoms with Crippen molar-refractivity contribution in [3.63, 3.8) is 0 Å². The number of benzene rings is 1. The molecule has 4 nitrogen and oxygen atoms in total. The van der Waals surface area contributed by atoms with E-state index in [1.807, 2.05) is 6.07 Å². The van der Waals surface area contributed by atoms with Crippen LogP contribution in [-0.4, -0.2) is 36.5 Å². The first-order valence-corrected chi connectivity index (χ1v) is 7.23. The molecule has 1 saturated heterocycles. The maximum absolute atomic E-state index is 12.0. The van der Waals surface area contributed by atoms with Crippen molar-refractivity contribution >= 4 is 5.91 Å². The maximum atomic E-state index is 12.0. The SMILES string of the molecule is C[C@@H]1CCCCN1CCNC(=O)c1cccc(C#N)c1. The van der Waals surface area contributed by atoms with Crippen LogP contribution in [0.15, 0.2) is 24.3 Å². The molecular weight excluding hydrogens is 250 g/mol. The van der Waals surface area contributed by atoms with Gasteiger partial charge in [0, 0.05) is 24.7 Å². The second-order valence-corrected chi connectivity index (χ2v) is 5.33. The second-order valence-electron chi connectivity index (χ2n) is 5.33. The predicted octanol–water partition coefficient (Wildman–Crippen LogP) is 2.16. The number of piperidine rings is 1. The van der Waals surface area contributed by atoms with Crippen molar-refractivity contribution in [2.45, 2.75) is 32.2 Å². The Bertz CT molecular complexity index is 507. The molecule has 1 atom stereocenters. The zero-order valence-corrected chi connectivity index (χ0v) is 11.9. The molecule has 0 saturated carbocycles. The summed E-state index contributed by atoms with van der Waals surface area (Å²) in [5.41, 5.74) is 1.07. The second kappa shape index (κ2) is 7.06. The van der Waals surface area contributed by atoms with E-state index >= 15 is 0 Å². The van der Waals surface area contributed by atoms with Crippen LogP contribution in [0.5, 0.6) is 0 Å². The molecule has 0 spiro atoms. The largest absolute Gasteiger partial charge is 0.351 e. The summed E-state index contributed by atoms with van der Waals surface area (Å²) in [4.78, 5) is 14.4. The monoisotopic (exact) mass is 271 g/mol. The van der Waals surface area contributed by atoms with Crippen molar-refractivity contribution in [3.8, 4) is 6.07 Å². The Morgan fingerprint density at radius 3 is 3.10 bits per heavy atom. The first kappa shape index (κ1) is 14.5. The highest BCUT2D eigenvalue weighted by Crippen LogP contribution is 2.15. The first-order valence-electron chi connectivity index (χ1n) is 7.23. The molecule has 1 amide bonds. The minimum Gasteiger partial charge on any atom is -0.351 e. The lowest BCUT2D eigenvalue weighted by molar-refractivity contribution is 0.0938. The van der Waals surface area contributed by atoms with Crippen LogP contribution in [-0.2, 0) is 0 Å². The molecular formula is C16H21N3O. The van der Waals surface area contributed by atoms with Gasteiger partial charge in [0.1, 0.15) is 0 Å². The van der Waals surface area contributed by atoms with E-state index < -0.39 is 0 Å². The number of rotatable bonds is 4. The minimum absolute atomic E-state index is 0.105. The average Bonchev–Trinajstić information content (AvgIpc) is 2.49. The lowest BCUT2D eigenvalue weighted by atomic mass is 10.0. The number of amides is 1. The number of carbonyl (C=O) groups excluding carboxylic acids is 1. The third kappa shape index (κ3) is 3.82. The molecule has 0 radical (unpaired) electrons. The van der Waals surface area contributed by atoms with Gasteiger partial charge in [0.2, 0.25) is 0 Å². The van der Waals surface area contributed by atoms with E-state index in [-0.39, 0.29) is 5.91 Å². The number of hydrogen-bond donors (Lipinski definition) is 1. The van der Waals surface area contributed by atoms with E-state index in [9.17, 15) is 4.79 Å². The Hall–Kier alpha value is -1.86. The molecule has 0 bridgehead atoms. The molecule has 0 aromatic heterocycles. The average molecular weight is 271 g/mol. The highest BCUT2D eigenvalue weighted by molar-refractivity contribution is 5.94.